The molecule has 4 aromatic carbocycles. The van der Waals surface area contributed by atoms with Crippen LogP contribution in [0.5, 0.6) is 5.75 Å². The third-order valence-corrected chi connectivity index (χ3v) is 7.15. The topological polar surface area (TPSA) is 83.1 Å². The Hall–Kier alpha value is -4.20. The maximum absolute atomic E-state index is 12.0. The van der Waals surface area contributed by atoms with Gasteiger partial charge in [0.05, 0.1) is 25.4 Å². The lowest BCUT2D eigenvalue weighted by Gasteiger charge is -2.32. The van der Waals surface area contributed by atoms with E-state index in [9.17, 15) is 9.59 Å². The highest BCUT2D eigenvalue weighted by atomic mass is 16.5. The van der Waals surface area contributed by atoms with Crippen LogP contribution in [-0.4, -0.2) is 44.3 Å². The van der Waals surface area contributed by atoms with E-state index in [4.69, 9.17) is 14.2 Å². The van der Waals surface area contributed by atoms with Gasteiger partial charge in [-0.05, 0) is 80.1 Å². The Morgan fingerprint density at radius 1 is 0.907 bits per heavy atom. The number of carbonyl (C=O) groups is 2. The van der Waals surface area contributed by atoms with Crippen molar-refractivity contribution in [3.8, 4) is 5.75 Å². The lowest BCUT2D eigenvalue weighted by molar-refractivity contribution is -0.138. The Bertz CT molecular complexity index is 1480. The fraction of sp³-hybridized carbons (Fsp3) is 0.333. The van der Waals surface area contributed by atoms with Gasteiger partial charge in [-0.15, -0.1) is 0 Å². The molecule has 4 aromatic rings. The quantitative estimate of drug-likeness (QED) is 0.171. The third kappa shape index (κ3) is 9.40. The summed E-state index contributed by atoms with van der Waals surface area (Å²) < 4.78 is 22.2. The predicted molar refractivity (Wildman–Crippen MR) is 168 cm³/mol. The Morgan fingerprint density at radius 3 is 2.40 bits per heavy atom. The second-order valence-electron chi connectivity index (χ2n) is 11.5. The molecule has 2 atom stereocenters. The zero-order valence-electron chi connectivity index (χ0n) is 25.4. The van der Waals surface area contributed by atoms with Crippen LogP contribution in [-0.2, 0) is 32.2 Å². The zero-order chi connectivity index (χ0) is 30.7. The van der Waals surface area contributed by atoms with Crippen LogP contribution in [0.25, 0.3) is 10.8 Å². The highest BCUT2D eigenvalue weighted by Gasteiger charge is 2.28. The molecule has 0 amide bonds. The lowest BCUT2D eigenvalue weighted by atomic mass is 9.87. The predicted octanol–water partition coefficient (Wildman–Crippen LogP) is 6.83. The molecule has 1 saturated heterocycles. The molecular weight excluding hydrogens is 542 g/mol. The molecule has 5 rings (SSSR count). The van der Waals surface area contributed by atoms with Crippen LogP contribution in [0.2, 0.25) is 0 Å². The molecule has 1 fully saturated rings. The Labute approximate surface area is 254 Å². The number of nitrogens with one attached hydrogen (secondary N) is 1. The number of carbonyl (C=O) groups excluding carboxylic acids is 2. The fourth-order valence-corrected chi connectivity index (χ4v) is 5.02. The summed E-state index contributed by atoms with van der Waals surface area (Å²) in [5.41, 5.74) is 3.57. The number of hydrogen-bond acceptors (Lipinski definition) is 7. The van der Waals surface area contributed by atoms with Gasteiger partial charge in [-0.1, -0.05) is 66.7 Å². The second-order valence-corrected chi connectivity index (χ2v) is 11.5. The summed E-state index contributed by atoms with van der Waals surface area (Å²) in [6, 6.07) is 30.5. The van der Waals surface area contributed by atoms with Crippen molar-refractivity contribution in [1.82, 2.24) is 5.32 Å². The molecular formula is C36H41NO6. The van der Waals surface area contributed by atoms with Crippen LogP contribution in [0.4, 0.5) is 0 Å². The molecule has 0 spiro atoms. The van der Waals surface area contributed by atoms with Crippen molar-refractivity contribution in [2.45, 2.75) is 58.0 Å². The summed E-state index contributed by atoms with van der Waals surface area (Å²) in [6.07, 6.45) is 0.935. The first-order valence-electron chi connectivity index (χ1n) is 14.6. The van der Waals surface area contributed by atoms with Crippen molar-refractivity contribution in [3.05, 3.63) is 113 Å². The first kappa shape index (κ1) is 31.7. The summed E-state index contributed by atoms with van der Waals surface area (Å²) in [4.78, 5) is 21.6. The van der Waals surface area contributed by atoms with Gasteiger partial charge in [0.15, 0.2) is 0 Å². The van der Waals surface area contributed by atoms with E-state index in [-0.39, 0.29) is 23.6 Å². The van der Waals surface area contributed by atoms with Gasteiger partial charge in [-0.3, -0.25) is 4.79 Å². The highest BCUT2D eigenvalue weighted by Crippen LogP contribution is 2.32. The normalized spacial score (nSPS) is 16.5. The summed E-state index contributed by atoms with van der Waals surface area (Å²) in [5.74, 6) is 0.743. The van der Waals surface area contributed by atoms with E-state index in [1.54, 1.807) is 6.07 Å². The van der Waals surface area contributed by atoms with Crippen LogP contribution in [0.3, 0.4) is 0 Å². The molecule has 43 heavy (non-hydrogen) atoms. The maximum Gasteiger partial charge on any atom is 0.337 e. The van der Waals surface area contributed by atoms with Gasteiger partial charge in [0.2, 0.25) is 0 Å². The standard InChI is InChI=1S/C31H31NO4.C5H10O2/c1-34-31(33)26-12-7-11-25(18-26)28-14-15-32-19-30(28)36-21-23-16-24-10-5-6-13-27(24)29(17-23)35-20-22-8-3-2-4-9-22;1-5(2,3)7-4-6/h2-13,16-18,28,30,32H,14-15,19-21H2,1H3;4H,1-3H3. The molecule has 0 aliphatic carbocycles. The first-order valence-corrected chi connectivity index (χ1v) is 14.6. The average molecular weight is 584 g/mol. The first-order chi connectivity index (χ1) is 20.8. The van der Waals surface area contributed by atoms with Crippen molar-refractivity contribution < 1.29 is 28.5 Å². The molecule has 1 aliphatic heterocycles. The molecule has 0 bridgehead atoms. The van der Waals surface area contributed by atoms with Gasteiger partial charge in [0, 0.05) is 17.8 Å². The summed E-state index contributed by atoms with van der Waals surface area (Å²) in [6.45, 7) is 8.59. The van der Waals surface area contributed by atoms with E-state index in [0.717, 1.165) is 52.7 Å². The van der Waals surface area contributed by atoms with E-state index < -0.39 is 0 Å². The summed E-state index contributed by atoms with van der Waals surface area (Å²) in [7, 11) is 1.41. The van der Waals surface area contributed by atoms with E-state index in [0.29, 0.717) is 25.2 Å². The summed E-state index contributed by atoms with van der Waals surface area (Å²) >= 11 is 0. The smallest absolute Gasteiger partial charge is 0.337 e. The number of rotatable bonds is 9. The van der Waals surface area contributed by atoms with Crippen LogP contribution in [0.1, 0.15) is 60.2 Å². The monoisotopic (exact) mass is 583 g/mol. The Morgan fingerprint density at radius 2 is 1.67 bits per heavy atom. The lowest BCUT2D eigenvalue weighted by Crippen LogP contribution is -2.41. The van der Waals surface area contributed by atoms with Crippen molar-refractivity contribution in [2.75, 3.05) is 20.2 Å². The molecule has 0 aromatic heterocycles. The number of methoxy groups -OCH3 is 1. The number of esters is 1. The molecule has 1 heterocycles. The molecule has 226 valence electrons. The molecule has 2 unspecified atom stereocenters. The molecule has 1 aliphatic rings. The second kappa shape index (κ2) is 15.3. The molecule has 7 heteroatoms. The van der Waals surface area contributed by atoms with Crippen LogP contribution in [0.15, 0.2) is 91.0 Å². The third-order valence-electron chi connectivity index (χ3n) is 7.15. The van der Waals surface area contributed by atoms with E-state index in [1.165, 1.54) is 7.11 Å². The Kier molecular flexibility index (Phi) is 11.3. The number of benzene rings is 4. The van der Waals surface area contributed by atoms with Crippen molar-refractivity contribution >= 4 is 23.2 Å². The van der Waals surface area contributed by atoms with Crippen LogP contribution < -0.4 is 10.1 Å². The van der Waals surface area contributed by atoms with Crippen LogP contribution in [0, 0.1) is 0 Å². The zero-order valence-corrected chi connectivity index (χ0v) is 25.4. The average Bonchev–Trinajstić information content (AvgIpc) is 3.02. The van der Waals surface area contributed by atoms with Gasteiger partial charge in [0.25, 0.3) is 6.47 Å². The van der Waals surface area contributed by atoms with E-state index >= 15 is 0 Å². The minimum Gasteiger partial charge on any atom is -0.488 e. The minimum absolute atomic E-state index is 0.00759. The SMILES string of the molecule is CC(C)(C)OC=O.COC(=O)c1cccc(C2CCNCC2OCc2cc(OCc3ccccc3)c3ccccc3c2)c1. The number of fused-ring (bicyclic) bond motifs is 1. The van der Waals surface area contributed by atoms with Gasteiger partial charge in [0.1, 0.15) is 18.0 Å². The molecule has 0 saturated carbocycles. The van der Waals surface area contributed by atoms with Crippen molar-refractivity contribution in [2.24, 2.45) is 0 Å². The number of hydrogen-bond donors (Lipinski definition) is 1. The van der Waals surface area contributed by atoms with Gasteiger partial charge < -0.3 is 24.3 Å². The highest BCUT2D eigenvalue weighted by molar-refractivity contribution is 5.90. The number of piperidine rings is 1. The van der Waals surface area contributed by atoms with Crippen LogP contribution >= 0.6 is 0 Å². The van der Waals surface area contributed by atoms with Gasteiger partial charge in [-0.2, -0.15) is 0 Å². The van der Waals surface area contributed by atoms with E-state index in [2.05, 4.69) is 52.5 Å². The van der Waals surface area contributed by atoms with Gasteiger partial charge in [-0.25, -0.2) is 4.79 Å². The van der Waals surface area contributed by atoms with Crippen molar-refractivity contribution in [3.63, 3.8) is 0 Å². The maximum atomic E-state index is 12.0. The number of ether oxygens (including phenoxy) is 4. The van der Waals surface area contributed by atoms with E-state index in [1.807, 2.05) is 63.2 Å². The summed E-state index contributed by atoms with van der Waals surface area (Å²) in [5, 5.41) is 5.68. The molecule has 0 radical (unpaired) electrons. The van der Waals surface area contributed by atoms with Gasteiger partial charge >= 0.3 is 5.97 Å². The molecule has 1 N–H and O–H groups in total. The van der Waals surface area contributed by atoms with Crippen molar-refractivity contribution in [1.29, 1.82) is 0 Å². The molecule has 7 nitrogen and oxygen atoms in total. The Balaban J connectivity index is 0.000000541. The fourth-order valence-electron chi connectivity index (χ4n) is 5.02. The minimum atomic E-state index is -0.318. The largest absolute Gasteiger partial charge is 0.488 e.